The second-order valence-corrected chi connectivity index (χ2v) is 5.46. The van der Waals surface area contributed by atoms with E-state index in [4.69, 9.17) is 0 Å². The molecule has 1 aromatic heterocycles. The number of hydrogen-bond donors (Lipinski definition) is 2. The Kier molecular flexibility index (Phi) is 5.78. The maximum atomic E-state index is 4.57. The quantitative estimate of drug-likeness (QED) is 0.759. The Morgan fingerprint density at radius 2 is 1.95 bits per heavy atom. The molecule has 0 amide bonds. The van der Waals surface area contributed by atoms with Crippen LogP contribution in [0.15, 0.2) is 24.3 Å². The second kappa shape index (κ2) is 7.81. The molecule has 0 bridgehead atoms. The molecule has 21 heavy (non-hydrogen) atoms. The minimum atomic E-state index is 0.665. The first-order chi connectivity index (χ1) is 10.3. The van der Waals surface area contributed by atoms with Crippen molar-refractivity contribution in [3.8, 4) is 0 Å². The molecule has 2 rings (SSSR count). The van der Waals surface area contributed by atoms with Gasteiger partial charge in [-0.15, -0.1) is 0 Å². The van der Waals surface area contributed by atoms with Gasteiger partial charge in [-0.25, -0.2) is 4.98 Å². The third kappa shape index (κ3) is 4.06. The predicted molar refractivity (Wildman–Crippen MR) is 90.9 cm³/mol. The van der Waals surface area contributed by atoms with Crippen LogP contribution in [0.25, 0.3) is 10.9 Å². The minimum Gasteiger partial charge on any atom is -0.369 e. The highest BCUT2D eigenvalue weighted by atomic mass is 15.1. The van der Waals surface area contributed by atoms with Crippen LogP contribution in [0.1, 0.15) is 39.5 Å². The molecule has 2 aromatic rings. The van der Waals surface area contributed by atoms with Crippen LogP contribution in [0.3, 0.4) is 0 Å². The number of nitrogens with zero attached hydrogens (tertiary/aromatic N) is 2. The van der Waals surface area contributed by atoms with Crippen LogP contribution in [0, 0.1) is 5.92 Å². The van der Waals surface area contributed by atoms with Gasteiger partial charge in [0.25, 0.3) is 0 Å². The fourth-order valence-corrected chi connectivity index (χ4v) is 2.51. The number of para-hydroxylation sites is 1. The molecule has 4 nitrogen and oxygen atoms in total. The largest absolute Gasteiger partial charge is 0.369 e. The number of hydrogen-bond acceptors (Lipinski definition) is 4. The Labute approximate surface area is 127 Å². The average molecular weight is 286 g/mol. The maximum Gasteiger partial charge on any atom is 0.224 e. The van der Waals surface area contributed by atoms with Gasteiger partial charge in [-0.1, -0.05) is 45.2 Å². The van der Waals surface area contributed by atoms with E-state index < -0.39 is 0 Å². The molecule has 1 atom stereocenters. The highest BCUT2D eigenvalue weighted by Gasteiger charge is 2.09. The third-order valence-electron chi connectivity index (χ3n) is 3.93. The molecule has 0 fully saturated rings. The molecule has 0 radical (unpaired) electrons. The molecular weight excluding hydrogens is 260 g/mol. The first-order valence-electron chi connectivity index (χ1n) is 7.96. The molecule has 0 aliphatic carbocycles. The summed E-state index contributed by atoms with van der Waals surface area (Å²) >= 11 is 0. The lowest BCUT2D eigenvalue weighted by Gasteiger charge is -2.17. The zero-order valence-corrected chi connectivity index (χ0v) is 13.3. The Morgan fingerprint density at radius 3 is 2.67 bits per heavy atom. The summed E-state index contributed by atoms with van der Waals surface area (Å²) in [5, 5.41) is 7.65. The van der Waals surface area contributed by atoms with Gasteiger partial charge in [0.2, 0.25) is 5.95 Å². The number of aromatic nitrogens is 2. The second-order valence-electron chi connectivity index (χ2n) is 5.46. The Balaban J connectivity index is 2.16. The van der Waals surface area contributed by atoms with E-state index in [2.05, 4.69) is 40.5 Å². The van der Waals surface area contributed by atoms with Gasteiger partial charge in [-0.3, -0.25) is 0 Å². The van der Waals surface area contributed by atoms with Gasteiger partial charge in [-0.2, -0.15) is 4.98 Å². The molecule has 114 valence electrons. The SMILES string of the molecule is CCCCC(CC)CNc1nc(NC)nc2ccccc12. The third-order valence-corrected chi connectivity index (χ3v) is 3.93. The number of nitrogens with one attached hydrogen (secondary N) is 2. The van der Waals surface area contributed by atoms with Crippen molar-refractivity contribution in [1.29, 1.82) is 0 Å². The lowest BCUT2D eigenvalue weighted by atomic mass is 9.99. The monoisotopic (exact) mass is 286 g/mol. The van der Waals surface area contributed by atoms with Crippen LogP contribution in [0.2, 0.25) is 0 Å². The van der Waals surface area contributed by atoms with Crippen molar-refractivity contribution >= 4 is 22.7 Å². The standard InChI is InChI=1S/C17H26N4/c1-4-6-9-13(5-2)12-19-16-14-10-7-8-11-15(14)20-17(18-3)21-16/h7-8,10-11,13H,4-6,9,12H2,1-3H3,(H2,18,19,20,21). The van der Waals surface area contributed by atoms with Crippen molar-refractivity contribution < 1.29 is 0 Å². The predicted octanol–water partition coefficient (Wildman–Crippen LogP) is 4.30. The number of benzene rings is 1. The van der Waals surface area contributed by atoms with Crippen molar-refractivity contribution in [2.24, 2.45) is 5.92 Å². The fourth-order valence-electron chi connectivity index (χ4n) is 2.51. The summed E-state index contributed by atoms with van der Waals surface area (Å²) in [7, 11) is 1.85. The summed E-state index contributed by atoms with van der Waals surface area (Å²) in [5.74, 6) is 2.30. The van der Waals surface area contributed by atoms with E-state index in [0.717, 1.165) is 23.3 Å². The molecule has 0 spiro atoms. The summed E-state index contributed by atoms with van der Waals surface area (Å²) in [4.78, 5) is 9.06. The normalized spacial score (nSPS) is 12.3. The van der Waals surface area contributed by atoms with Gasteiger partial charge in [0.1, 0.15) is 5.82 Å². The van der Waals surface area contributed by atoms with Crippen LogP contribution >= 0.6 is 0 Å². The zero-order valence-electron chi connectivity index (χ0n) is 13.3. The molecule has 0 aliphatic rings. The van der Waals surface area contributed by atoms with Crippen LogP contribution < -0.4 is 10.6 Å². The van der Waals surface area contributed by atoms with Crippen LogP contribution in [0.5, 0.6) is 0 Å². The van der Waals surface area contributed by atoms with Crippen LogP contribution in [-0.4, -0.2) is 23.6 Å². The van der Waals surface area contributed by atoms with E-state index in [1.807, 2.05) is 25.2 Å². The smallest absolute Gasteiger partial charge is 0.224 e. The van der Waals surface area contributed by atoms with Crippen molar-refractivity contribution in [3.63, 3.8) is 0 Å². The van der Waals surface area contributed by atoms with Crippen molar-refractivity contribution in [2.45, 2.75) is 39.5 Å². The molecular formula is C17H26N4. The van der Waals surface area contributed by atoms with E-state index >= 15 is 0 Å². The number of rotatable bonds is 8. The van der Waals surface area contributed by atoms with Gasteiger partial charge in [0.05, 0.1) is 5.52 Å². The molecule has 2 N–H and O–H groups in total. The molecule has 0 saturated heterocycles. The Morgan fingerprint density at radius 1 is 1.14 bits per heavy atom. The summed E-state index contributed by atoms with van der Waals surface area (Å²) in [6, 6.07) is 8.14. The van der Waals surface area contributed by atoms with E-state index in [9.17, 15) is 0 Å². The lowest BCUT2D eigenvalue weighted by Crippen LogP contribution is -2.15. The van der Waals surface area contributed by atoms with Crippen molar-refractivity contribution in [3.05, 3.63) is 24.3 Å². The van der Waals surface area contributed by atoms with Gasteiger partial charge in [0, 0.05) is 19.0 Å². The van der Waals surface area contributed by atoms with Crippen molar-refractivity contribution in [2.75, 3.05) is 24.2 Å². The van der Waals surface area contributed by atoms with Crippen LogP contribution in [-0.2, 0) is 0 Å². The van der Waals surface area contributed by atoms with Gasteiger partial charge in [0.15, 0.2) is 0 Å². The molecule has 0 saturated carbocycles. The van der Waals surface area contributed by atoms with Crippen LogP contribution in [0.4, 0.5) is 11.8 Å². The zero-order chi connectivity index (χ0) is 15.1. The van der Waals surface area contributed by atoms with E-state index in [1.54, 1.807) is 0 Å². The van der Waals surface area contributed by atoms with E-state index in [1.165, 1.54) is 25.7 Å². The highest BCUT2D eigenvalue weighted by molar-refractivity contribution is 5.89. The Bertz CT molecular complexity index is 568. The summed E-state index contributed by atoms with van der Waals surface area (Å²) in [5.41, 5.74) is 0.973. The minimum absolute atomic E-state index is 0.665. The number of fused-ring (bicyclic) bond motifs is 1. The summed E-state index contributed by atoms with van der Waals surface area (Å²) in [6.07, 6.45) is 5.04. The van der Waals surface area contributed by atoms with Gasteiger partial charge in [-0.05, 0) is 24.5 Å². The first kappa shape index (κ1) is 15.5. The molecule has 1 aromatic carbocycles. The number of unbranched alkanes of at least 4 members (excludes halogenated alkanes) is 1. The molecule has 4 heteroatoms. The first-order valence-corrected chi connectivity index (χ1v) is 7.96. The molecule has 1 heterocycles. The van der Waals surface area contributed by atoms with Gasteiger partial charge < -0.3 is 10.6 Å². The van der Waals surface area contributed by atoms with E-state index in [-0.39, 0.29) is 0 Å². The van der Waals surface area contributed by atoms with Crippen molar-refractivity contribution in [1.82, 2.24) is 9.97 Å². The maximum absolute atomic E-state index is 4.57. The van der Waals surface area contributed by atoms with Gasteiger partial charge >= 0.3 is 0 Å². The van der Waals surface area contributed by atoms with E-state index in [0.29, 0.717) is 11.9 Å². The Hall–Kier alpha value is -1.84. The summed E-state index contributed by atoms with van der Waals surface area (Å²) < 4.78 is 0. The average Bonchev–Trinajstić information content (AvgIpc) is 2.54. The topological polar surface area (TPSA) is 49.8 Å². The highest BCUT2D eigenvalue weighted by Crippen LogP contribution is 2.22. The lowest BCUT2D eigenvalue weighted by molar-refractivity contribution is 0.472. The summed E-state index contributed by atoms with van der Waals surface area (Å²) in [6.45, 7) is 5.48. The fraction of sp³-hybridized carbons (Fsp3) is 0.529. The number of anilines is 2. The molecule has 0 aliphatic heterocycles. The molecule has 1 unspecified atom stereocenters.